The molecule has 1 aromatic heterocycles. The maximum atomic E-state index is 9.17. The lowest BCUT2D eigenvalue weighted by atomic mass is 10.1. The van der Waals surface area contributed by atoms with Crippen LogP contribution in [0.25, 0.3) is 0 Å². The summed E-state index contributed by atoms with van der Waals surface area (Å²) < 4.78 is 5.29. The van der Waals surface area contributed by atoms with E-state index in [1.165, 1.54) is 0 Å². The fourth-order valence-electron chi connectivity index (χ4n) is 1.76. The molecule has 1 unspecified atom stereocenters. The van der Waals surface area contributed by atoms with Crippen LogP contribution in [0, 0.1) is 5.41 Å². The van der Waals surface area contributed by atoms with Gasteiger partial charge in [0.2, 0.25) is 0 Å². The zero-order valence-electron chi connectivity index (χ0n) is 9.20. The van der Waals surface area contributed by atoms with Crippen molar-refractivity contribution in [1.29, 1.82) is 0 Å². The molecule has 0 radical (unpaired) electrons. The third kappa shape index (κ3) is 2.83. The monoisotopic (exact) mass is 209 g/mol. The maximum absolute atomic E-state index is 9.17. The van der Waals surface area contributed by atoms with Crippen LogP contribution in [-0.4, -0.2) is 24.3 Å². The molecule has 1 aromatic rings. The maximum Gasteiger partial charge on any atom is 0.105 e. The van der Waals surface area contributed by atoms with Gasteiger partial charge in [0.15, 0.2) is 0 Å². The van der Waals surface area contributed by atoms with Crippen molar-refractivity contribution < 1.29 is 9.52 Å². The SMILES string of the molecule is CC(Cc1ccco1)NCC1(CO)CC1. The second-order valence-electron chi connectivity index (χ2n) is 4.72. The van der Waals surface area contributed by atoms with Crippen LogP contribution >= 0.6 is 0 Å². The van der Waals surface area contributed by atoms with Gasteiger partial charge in [-0.25, -0.2) is 0 Å². The largest absolute Gasteiger partial charge is 0.469 e. The number of aliphatic hydroxyl groups is 1. The van der Waals surface area contributed by atoms with Crippen molar-refractivity contribution in [2.24, 2.45) is 5.41 Å². The molecule has 1 atom stereocenters. The van der Waals surface area contributed by atoms with E-state index in [1.807, 2.05) is 12.1 Å². The molecule has 0 spiro atoms. The summed E-state index contributed by atoms with van der Waals surface area (Å²) in [5, 5.41) is 12.6. The van der Waals surface area contributed by atoms with Crippen molar-refractivity contribution in [2.45, 2.75) is 32.2 Å². The van der Waals surface area contributed by atoms with Crippen LogP contribution in [-0.2, 0) is 6.42 Å². The van der Waals surface area contributed by atoms with Crippen molar-refractivity contribution in [1.82, 2.24) is 5.32 Å². The summed E-state index contributed by atoms with van der Waals surface area (Å²) in [5.41, 5.74) is 0.192. The van der Waals surface area contributed by atoms with Crippen LogP contribution < -0.4 is 5.32 Å². The van der Waals surface area contributed by atoms with Crippen molar-refractivity contribution in [3.8, 4) is 0 Å². The Balaban J connectivity index is 1.71. The molecule has 84 valence electrons. The van der Waals surface area contributed by atoms with Crippen LogP contribution in [0.5, 0.6) is 0 Å². The number of aliphatic hydroxyl groups excluding tert-OH is 1. The van der Waals surface area contributed by atoms with E-state index in [0.29, 0.717) is 12.6 Å². The smallest absolute Gasteiger partial charge is 0.105 e. The zero-order chi connectivity index (χ0) is 10.7. The van der Waals surface area contributed by atoms with E-state index in [1.54, 1.807) is 6.26 Å². The molecule has 3 nitrogen and oxygen atoms in total. The number of rotatable bonds is 6. The number of hydrogen-bond acceptors (Lipinski definition) is 3. The van der Waals surface area contributed by atoms with E-state index in [-0.39, 0.29) is 5.41 Å². The second kappa shape index (κ2) is 4.37. The molecule has 1 aliphatic rings. The van der Waals surface area contributed by atoms with Crippen LogP contribution in [0.15, 0.2) is 22.8 Å². The highest BCUT2D eigenvalue weighted by molar-refractivity contribution is 5.01. The summed E-state index contributed by atoms with van der Waals surface area (Å²) in [5.74, 6) is 1.02. The number of hydrogen-bond donors (Lipinski definition) is 2. The lowest BCUT2D eigenvalue weighted by molar-refractivity contribution is 0.204. The Labute approximate surface area is 90.5 Å². The molecular weight excluding hydrogens is 190 g/mol. The summed E-state index contributed by atoms with van der Waals surface area (Å²) in [6, 6.07) is 4.31. The Kier molecular flexibility index (Phi) is 3.12. The summed E-state index contributed by atoms with van der Waals surface area (Å²) in [6.45, 7) is 3.38. The Morgan fingerprint density at radius 2 is 2.40 bits per heavy atom. The average molecular weight is 209 g/mol. The molecular formula is C12H19NO2. The molecule has 1 fully saturated rings. The van der Waals surface area contributed by atoms with Gasteiger partial charge in [-0.3, -0.25) is 0 Å². The Bertz CT molecular complexity index is 291. The first kappa shape index (κ1) is 10.7. The minimum atomic E-state index is 0.192. The molecule has 2 rings (SSSR count). The van der Waals surface area contributed by atoms with Crippen LogP contribution in [0.2, 0.25) is 0 Å². The van der Waals surface area contributed by atoms with Crippen molar-refractivity contribution in [3.63, 3.8) is 0 Å². The Hall–Kier alpha value is -0.800. The minimum absolute atomic E-state index is 0.192. The van der Waals surface area contributed by atoms with Crippen molar-refractivity contribution in [2.75, 3.05) is 13.2 Å². The molecule has 1 heterocycles. The van der Waals surface area contributed by atoms with Crippen molar-refractivity contribution in [3.05, 3.63) is 24.2 Å². The van der Waals surface area contributed by atoms with E-state index >= 15 is 0 Å². The molecule has 0 amide bonds. The molecule has 0 bridgehead atoms. The number of furan rings is 1. The highest BCUT2D eigenvalue weighted by Crippen LogP contribution is 2.44. The van der Waals surface area contributed by atoms with Gasteiger partial charge in [-0.2, -0.15) is 0 Å². The predicted molar refractivity (Wildman–Crippen MR) is 58.6 cm³/mol. The summed E-state index contributed by atoms with van der Waals surface area (Å²) in [7, 11) is 0. The highest BCUT2D eigenvalue weighted by Gasteiger charge is 2.41. The molecule has 0 saturated heterocycles. The first-order valence-electron chi connectivity index (χ1n) is 5.61. The van der Waals surface area contributed by atoms with Gasteiger partial charge in [-0.15, -0.1) is 0 Å². The minimum Gasteiger partial charge on any atom is -0.469 e. The standard InChI is InChI=1S/C12H19NO2/c1-10(7-11-3-2-6-15-11)13-8-12(9-14)4-5-12/h2-3,6,10,13-14H,4-5,7-9H2,1H3. The molecule has 2 N–H and O–H groups in total. The Morgan fingerprint density at radius 3 is 2.93 bits per heavy atom. The highest BCUT2D eigenvalue weighted by atomic mass is 16.3. The number of nitrogens with one attached hydrogen (secondary N) is 1. The van der Waals surface area contributed by atoms with Gasteiger partial charge in [-0.05, 0) is 31.9 Å². The van der Waals surface area contributed by atoms with Gasteiger partial charge in [0.05, 0.1) is 6.26 Å². The first-order chi connectivity index (χ1) is 7.24. The van der Waals surface area contributed by atoms with Gasteiger partial charge in [0.25, 0.3) is 0 Å². The van der Waals surface area contributed by atoms with Gasteiger partial charge in [0, 0.05) is 31.0 Å². The van der Waals surface area contributed by atoms with E-state index in [0.717, 1.165) is 31.6 Å². The molecule has 3 heteroatoms. The van der Waals surface area contributed by atoms with Crippen LogP contribution in [0.3, 0.4) is 0 Å². The fraction of sp³-hybridized carbons (Fsp3) is 0.667. The average Bonchev–Trinajstić information content (AvgIpc) is 2.86. The lowest BCUT2D eigenvalue weighted by Gasteiger charge is -2.17. The van der Waals surface area contributed by atoms with Gasteiger partial charge in [0.1, 0.15) is 5.76 Å². The summed E-state index contributed by atoms with van der Waals surface area (Å²) in [4.78, 5) is 0. The summed E-state index contributed by atoms with van der Waals surface area (Å²) >= 11 is 0. The van der Waals surface area contributed by atoms with E-state index in [4.69, 9.17) is 9.52 Å². The Morgan fingerprint density at radius 1 is 1.60 bits per heavy atom. The topological polar surface area (TPSA) is 45.4 Å². The van der Waals surface area contributed by atoms with Crippen molar-refractivity contribution >= 4 is 0 Å². The first-order valence-corrected chi connectivity index (χ1v) is 5.61. The van der Waals surface area contributed by atoms with E-state index in [9.17, 15) is 0 Å². The second-order valence-corrected chi connectivity index (χ2v) is 4.72. The van der Waals surface area contributed by atoms with Gasteiger partial charge < -0.3 is 14.8 Å². The van der Waals surface area contributed by atoms with E-state index in [2.05, 4.69) is 12.2 Å². The third-order valence-corrected chi connectivity index (χ3v) is 3.21. The molecule has 0 aromatic carbocycles. The van der Waals surface area contributed by atoms with Gasteiger partial charge >= 0.3 is 0 Å². The third-order valence-electron chi connectivity index (χ3n) is 3.21. The molecule has 1 aliphatic carbocycles. The molecule has 1 saturated carbocycles. The van der Waals surface area contributed by atoms with Crippen LogP contribution in [0.1, 0.15) is 25.5 Å². The van der Waals surface area contributed by atoms with Gasteiger partial charge in [-0.1, -0.05) is 0 Å². The zero-order valence-corrected chi connectivity index (χ0v) is 9.20. The summed E-state index contributed by atoms with van der Waals surface area (Å²) in [6.07, 6.45) is 4.93. The fourth-order valence-corrected chi connectivity index (χ4v) is 1.76. The molecule has 0 aliphatic heterocycles. The normalized spacial score (nSPS) is 20.1. The van der Waals surface area contributed by atoms with Crippen LogP contribution in [0.4, 0.5) is 0 Å². The van der Waals surface area contributed by atoms with E-state index < -0.39 is 0 Å². The predicted octanol–water partition coefficient (Wildman–Crippen LogP) is 1.57. The lowest BCUT2D eigenvalue weighted by Crippen LogP contribution is -2.34. The quantitative estimate of drug-likeness (QED) is 0.747. The molecule has 15 heavy (non-hydrogen) atoms.